The predicted molar refractivity (Wildman–Crippen MR) is 91.0 cm³/mol. The minimum atomic E-state index is -0.480. The van der Waals surface area contributed by atoms with Crippen molar-refractivity contribution in [2.24, 2.45) is 0 Å². The van der Waals surface area contributed by atoms with Gasteiger partial charge in [0.15, 0.2) is 0 Å². The number of rotatable bonds is 6. The molecule has 0 bridgehead atoms. The smallest absolute Gasteiger partial charge is 0.407 e. The minimum absolute atomic E-state index is 0.186. The van der Waals surface area contributed by atoms with Gasteiger partial charge in [-0.25, -0.2) is 4.79 Å². The Kier molecular flexibility index (Phi) is 7.30. The Morgan fingerprint density at radius 1 is 1.26 bits per heavy atom. The van der Waals surface area contributed by atoms with Crippen molar-refractivity contribution in [3.05, 3.63) is 47.5 Å². The highest BCUT2D eigenvalue weighted by Crippen LogP contribution is 2.12. The van der Waals surface area contributed by atoms with Crippen LogP contribution in [-0.2, 0) is 4.74 Å². The van der Waals surface area contributed by atoms with Crippen molar-refractivity contribution < 1.29 is 9.53 Å². The van der Waals surface area contributed by atoms with E-state index >= 15 is 0 Å². The number of amides is 1. The zero-order valence-corrected chi connectivity index (χ0v) is 14.2. The number of alkyl carbamates (subject to hydrolysis) is 1. The van der Waals surface area contributed by atoms with Gasteiger partial charge >= 0.3 is 6.09 Å². The monoisotopic (exact) mass is 315 g/mol. The zero-order chi connectivity index (χ0) is 17.3. The molecule has 2 N–H and O–H groups in total. The van der Waals surface area contributed by atoms with Crippen LogP contribution in [0.25, 0.3) is 0 Å². The van der Waals surface area contributed by atoms with Crippen LogP contribution in [-0.4, -0.2) is 24.8 Å². The van der Waals surface area contributed by atoms with Gasteiger partial charge in [-0.1, -0.05) is 24.3 Å². The van der Waals surface area contributed by atoms with Crippen LogP contribution in [0.1, 0.15) is 44.9 Å². The summed E-state index contributed by atoms with van der Waals surface area (Å²) in [6.45, 7) is 8.68. The highest BCUT2D eigenvalue weighted by atomic mass is 16.6. The molecule has 1 rings (SSSR count). The third kappa shape index (κ3) is 8.03. The quantitative estimate of drug-likeness (QED) is 0.790. The second-order valence-electron chi connectivity index (χ2n) is 6.22. The molecule has 0 saturated carbocycles. The lowest BCUT2D eigenvalue weighted by Gasteiger charge is -2.19. The largest absolute Gasteiger partial charge is 0.444 e. The number of benzene rings is 1. The molecule has 1 aromatic carbocycles. The number of ether oxygens (including phenoxy) is 1. The number of nitriles is 1. The molecule has 0 aliphatic carbocycles. The molecule has 0 aliphatic rings. The van der Waals surface area contributed by atoms with Gasteiger partial charge in [-0.05, 0) is 45.4 Å². The maximum absolute atomic E-state index is 11.4. The lowest BCUT2D eigenvalue weighted by molar-refractivity contribution is 0.0534. The molecule has 0 radical (unpaired) electrons. The Morgan fingerprint density at radius 3 is 2.43 bits per heavy atom. The van der Waals surface area contributed by atoms with Gasteiger partial charge in [-0.2, -0.15) is 5.26 Å². The summed E-state index contributed by atoms with van der Waals surface area (Å²) < 4.78 is 5.14. The normalized spacial score (nSPS) is 12.7. The lowest BCUT2D eigenvalue weighted by Crippen LogP contribution is -2.32. The van der Waals surface area contributed by atoms with E-state index in [1.54, 1.807) is 0 Å². The molecule has 124 valence electrons. The van der Waals surface area contributed by atoms with E-state index in [2.05, 4.69) is 23.6 Å². The Hall–Kier alpha value is -2.32. The number of carbonyl (C=O) groups is 1. The van der Waals surface area contributed by atoms with Gasteiger partial charge in [0.1, 0.15) is 5.60 Å². The third-order valence-electron chi connectivity index (χ3n) is 3.01. The molecular weight excluding hydrogens is 290 g/mol. The van der Waals surface area contributed by atoms with Gasteiger partial charge in [0.25, 0.3) is 0 Å². The Labute approximate surface area is 138 Å². The van der Waals surface area contributed by atoms with E-state index in [4.69, 9.17) is 10.00 Å². The standard InChI is InChI=1S/C18H25N3O2/c1-14(16-9-7-15(13-19)8-10-16)20-11-5-6-12-21-17(22)23-18(2,3)4/h5-10,14,20H,11-12H2,1-4H3,(H,21,22)/b6-5+. The average Bonchev–Trinajstić information content (AvgIpc) is 2.48. The number of nitrogens with zero attached hydrogens (tertiary/aromatic N) is 1. The first-order valence-corrected chi connectivity index (χ1v) is 7.67. The maximum atomic E-state index is 11.4. The third-order valence-corrected chi connectivity index (χ3v) is 3.01. The highest BCUT2D eigenvalue weighted by Gasteiger charge is 2.14. The van der Waals surface area contributed by atoms with Crippen LogP contribution in [0.4, 0.5) is 4.79 Å². The van der Waals surface area contributed by atoms with Crippen molar-refractivity contribution in [2.45, 2.75) is 39.3 Å². The molecule has 23 heavy (non-hydrogen) atoms. The van der Waals surface area contributed by atoms with Gasteiger partial charge in [0.05, 0.1) is 11.6 Å². The Balaban J connectivity index is 2.25. The van der Waals surface area contributed by atoms with Crippen molar-refractivity contribution in [1.29, 1.82) is 5.26 Å². The second-order valence-corrected chi connectivity index (χ2v) is 6.22. The van der Waals surface area contributed by atoms with E-state index in [-0.39, 0.29) is 6.04 Å². The fraction of sp³-hybridized carbons (Fsp3) is 0.444. The van der Waals surface area contributed by atoms with E-state index in [9.17, 15) is 4.79 Å². The predicted octanol–water partition coefficient (Wildman–Crippen LogP) is 3.29. The van der Waals surface area contributed by atoms with E-state index in [0.717, 1.165) is 5.56 Å². The number of nitrogens with one attached hydrogen (secondary N) is 2. The molecular formula is C18H25N3O2. The van der Waals surface area contributed by atoms with Crippen molar-refractivity contribution in [2.75, 3.05) is 13.1 Å². The summed E-state index contributed by atoms with van der Waals surface area (Å²) in [5.74, 6) is 0. The summed E-state index contributed by atoms with van der Waals surface area (Å²) in [6.07, 6.45) is 3.42. The molecule has 1 atom stereocenters. The van der Waals surface area contributed by atoms with Crippen LogP contribution in [0.5, 0.6) is 0 Å². The topological polar surface area (TPSA) is 74.2 Å². The summed E-state index contributed by atoms with van der Waals surface area (Å²) in [5.41, 5.74) is 1.31. The molecule has 1 amide bonds. The first-order chi connectivity index (χ1) is 10.8. The SMILES string of the molecule is CC(NC/C=C/CNC(=O)OC(C)(C)C)c1ccc(C#N)cc1. The van der Waals surface area contributed by atoms with Crippen LogP contribution in [0.15, 0.2) is 36.4 Å². The Morgan fingerprint density at radius 2 is 1.87 bits per heavy atom. The number of hydrogen-bond donors (Lipinski definition) is 2. The van der Waals surface area contributed by atoms with Crippen LogP contribution >= 0.6 is 0 Å². The van der Waals surface area contributed by atoms with Crippen LogP contribution < -0.4 is 10.6 Å². The van der Waals surface area contributed by atoms with Crippen molar-refractivity contribution in [3.8, 4) is 6.07 Å². The van der Waals surface area contributed by atoms with Crippen molar-refractivity contribution >= 4 is 6.09 Å². The van der Waals surface area contributed by atoms with E-state index in [1.165, 1.54) is 0 Å². The molecule has 0 aliphatic heterocycles. The molecule has 1 unspecified atom stereocenters. The van der Waals surface area contributed by atoms with Crippen LogP contribution in [0.2, 0.25) is 0 Å². The van der Waals surface area contributed by atoms with Crippen molar-refractivity contribution in [3.63, 3.8) is 0 Å². The van der Waals surface area contributed by atoms with E-state index in [0.29, 0.717) is 18.7 Å². The molecule has 0 fully saturated rings. The summed E-state index contributed by atoms with van der Waals surface area (Å²) in [4.78, 5) is 11.4. The van der Waals surface area contributed by atoms with Crippen molar-refractivity contribution in [1.82, 2.24) is 10.6 Å². The minimum Gasteiger partial charge on any atom is -0.444 e. The fourth-order valence-corrected chi connectivity index (χ4v) is 1.83. The highest BCUT2D eigenvalue weighted by molar-refractivity contribution is 5.67. The summed E-state index contributed by atoms with van der Waals surface area (Å²) >= 11 is 0. The Bertz CT molecular complexity index is 565. The van der Waals surface area contributed by atoms with E-state index < -0.39 is 11.7 Å². The molecule has 0 heterocycles. The first-order valence-electron chi connectivity index (χ1n) is 7.67. The summed E-state index contributed by atoms with van der Waals surface area (Å²) in [7, 11) is 0. The molecule has 0 aromatic heterocycles. The maximum Gasteiger partial charge on any atom is 0.407 e. The fourth-order valence-electron chi connectivity index (χ4n) is 1.83. The second kappa shape index (κ2) is 8.96. The molecule has 5 nitrogen and oxygen atoms in total. The summed E-state index contributed by atoms with van der Waals surface area (Å²) in [5, 5.41) is 14.8. The molecule has 5 heteroatoms. The molecule has 1 aromatic rings. The summed E-state index contributed by atoms with van der Waals surface area (Å²) in [6, 6.07) is 9.82. The van der Waals surface area contributed by atoms with Crippen LogP contribution in [0.3, 0.4) is 0 Å². The van der Waals surface area contributed by atoms with E-state index in [1.807, 2.05) is 57.2 Å². The van der Waals surface area contributed by atoms with Crippen LogP contribution in [0, 0.1) is 11.3 Å². The first kappa shape index (κ1) is 18.7. The lowest BCUT2D eigenvalue weighted by atomic mass is 10.1. The van der Waals surface area contributed by atoms with Gasteiger partial charge in [0, 0.05) is 19.1 Å². The van der Waals surface area contributed by atoms with Gasteiger partial charge < -0.3 is 15.4 Å². The van der Waals surface area contributed by atoms with Gasteiger partial charge in [-0.3, -0.25) is 0 Å². The van der Waals surface area contributed by atoms with Gasteiger partial charge in [-0.15, -0.1) is 0 Å². The van der Waals surface area contributed by atoms with Gasteiger partial charge in [0.2, 0.25) is 0 Å². The molecule has 0 saturated heterocycles. The average molecular weight is 315 g/mol. The number of carbonyl (C=O) groups excluding carboxylic acids is 1. The molecule has 0 spiro atoms. The number of hydrogen-bond acceptors (Lipinski definition) is 4. The zero-order valence-electron chi connectivity index (χ0n) is 14.2.